The van der Waals surface area contributed by atoms with Gasteiger partial charge >= 0.3 is 0 Å². The van der Waals surface area contributed by atoms with Crippen molar-refractivity contribution in [2.45, 2.75) is 44.2 Å². The highest BCUT2D eigenvalue weighted by Crippen LogP contribution is 2.26. The molecule has 0 amide bonds. The molecule has 0 radical (unpaired) electrons. The Kier molecular flexibility index (Phi) is 11.4. The summed E-state index contributed by atoms with van der Waals surface area (Å²) in [4.78, 5) is 7.48. The molecule has 9 heteroatoms. The first kappa shape index (κ1) is 26.1. The number of nitrogens with one attached hydrogen (secondary N) is 2. The Hall–Kier alpha value is -0.910. The number of methoxy groups -OCH3 is 1. The molecule has 0 aliphatic heterocycles. The van der Waals surface area contributed by atoms with E-state index in [-0.39, 0.29) is 24.0 Å². The number of rotatable bonds is 11. The highest BCUT2D eigenvalue weighted by atomic mass is 127. The van der Waals surface area contributed by atoms with Crippen molar-refractivity contribution in [1.29, 1.82) is 0 Å². The molecule has 0 aromatic heterocycles. The summed E-state index contributed by atoms with van der Waals surface area (Å²) in [5, 5.41) is 6.66. The van der Waals surface area contributed by atoms with Gasteiger partial charge in [0.05, 0.1) is 18.0 Å². The van der Waals surface area contributed by atoms with E-state index in [1.165, 1.54) is 19.1 Å². The molecule has 1 aliphatic rings. The second-order valence-electron chi connectivity index (χ2n) is 7.25. The number of halogens is 1. The van der Waals surface area contributed by atoms with Gasteiger partial charge in [-0.15, -0.1) is 24.0 Å². The van der Waals surface area contributed by atoms with Crippen LogP contribution in [-0.4, -0.2) is 71.5 Å². The van der Waals surface area contributed by atoms with Gasteiger partial charge in [-0.05, 0) is 43.9 Å². The van der Waals surface area contributed by atoms with Crippen LogP contribution >= 0.6 is 24.0 Å². The average Bonchev–Trinajstić information content (AvgIpc) is 3.46. The standard InChI is InChI=1S/C20H34N4O3S.HI/c1-5-21-20(22-10-11-24(12-13-27-3)18-7-8-18)23-15-17-6-9-19(16(2)14-17)28(4,25)26;/h6,9,14,18H,5,7-8,10-13,15H2,1-4H3,(H2,21,22,23);1H. The van der Waals surface area contributed by atoms with Crippen LogP contribution < -0.4 is 10.6 Å². The molecular weight excluding hydrogens is 503 g/mol. The molecule has 0 bridgehead atoms. The van der Waals surface area contributed by atoms with E-state index in [4.69, 9.17) is 4.74 Å². The molecule has 2 rings (SSSR count). The third kappa shape index (κ3) is 9.18. The minimum absolute atomic E-state index is 0. The van der Waals surface area contributed by atoms with Crippen molar-refractivity contribution in [1.82, 2.24) is 15.5 Å². The van der Waals surface area contributed by atoms with E-state index >= 15 is 0 Å². The van der Waals surface area contributed by atoms with E-state index in [1.807, 2.05) is 26.0 Å². The van der Waals surface area contributed by atoms with Gasteiger partial charge in [0.1, 0.15) is 0 Å². The normalized spacial score (nSPS) is 14.6. The third-order valence-corrected chi connectivity index (χ3v) is 6.00. The molecule has 29 heavy (non-hydrogen) atoms. The van der Waals surface area contributed by atoms with Crippen molar-refractivity contribution < 1.29 is 13.2 Å². The van der Waals surface area contributed by atoms with Crippen LogP contribution in [0.15, 0.2) is 28.1 Å². The Morgan fingerprint density at radius 2 is 2.00 bits per heavy atom. The van der Waals surface area contributed by atoms with Crippen molar-refractivity contribution in [2.24, 2.45) is 4.99 Å². The Morgan fingerprint density at radius 3 is 2.55 bits per heavy atom. The fourth-order valence-corrected chi connectivity index (χ4v) is 4.14. The summed E-state index contributed by atoms with van der Waals surface area (Å²) >= 11 is 0. The van der Waals surface area contributed by atoms with Crippen LogP contribution in [0.1, 0.15) is 30.9 Å². The average molecular weight is 538 g/mol. The van der Waals surface area contributed by atoms with Crippen LogP contribution in [0.3, 0.4) is 0 Å². The molecule has 7 nitrogen and oxygen atoms in total. The molecule has 2 N–H and O–H groups in total. The van der Waals surface area contributed by atoms with Gasteiger partial charge in [0.25, 0.3) is 0 Å². The van der Waals surface area contributed by atoms with E-state index in [0.29, 0.717) is 17.5 Å². The minimum atomic E-state index is -3.19. The summed E-state index contributed by atoms with van der Waals surface area (Å²) < 4.78 is 28.7. The van der Waals surface area contributed by atoms with Crippen LogP contribution in [0, 0.1) is 6.92 Å². The van der Waals surface area contributed by atoms with Gasteiger partial charge in [-0.25, -0.2) is 13.4 Å². The molecule has 0 atom stereocenters. The quantitative estimate of drug-likeness (QED) is 0.256. The van der Waals surface area contributed by atoms with Crippen molar-refractivity contribution in [3.8, 4) is 0 Å². The van der Waals surface area contributed by atoms with Crippen LogP contribution in [0.25, 0.3) is 0 Å². The van der Waals surface area contributed by atoms with Crippen LogP contribution in [0.2, 0.25) is 0 Å². The minimum Gasteiger partial charge on any atom is -0.383 e. The van der Waals surface area contributed by atoms with Crippen molar-refractivity contribution >= 4 is 39.8 Å². The zero-order valence-corrected chi connectivity index (χ0v) is 21.0. The van der Waals surface area contributed by atoms with Gasteiger partial charge in [0.15, 0.2) is 15.8 Å². The third-order valence-electron chi connectivity index (χ3n) is 4.74. The van der Waals surface area contributed by atoms with E-state index < -0.39 is 9.84 Å². The topological polar surface area (TPSA) is 83.0 Å². The predicted molar refractivity (Wildman–Crippen MR) is 129 cm³/mol. The second kappa shape index (κ2) is 12.7. The summed E-state index contributed by atoms with van der Waals surface area (Å²) in [6.45, 7) is 8.63. The zero-order valence-electron chi connectivity index (χ0n) is 17.9. The SMILES string of the molecule is CCNC(=NCc1ccc(S(C)(=O)=O)c(C)c1)NCCN(CCOC)C1CC1.I. The fraction of sp³-hybridized carbons (Fsp3) is 0.650. The van der Waals surface area contributed by atoms with Gasteiger partial charge in [-0.2, -0.15) is 0 Å². The molecule has 0 saturated heterocycles. The van der Waals surface area contributed by atoms with Crippen molar-refractivity contribution in [2.75, 3.05) is 46.2 Å². The van der Waals surface area contributed by atoms with Crippen molar-refractivity contribution in [3.63, 3.8) is 0 Å². The lowest BCUT2D eigenvalue weighted by molar-refractivity contribution is 0.144. The summed E-state index contributed by atoms with van der Waals surface area (Å²) in [6, 6.07) is 6.09. The summed E-state index contributed by atoms with van der Waals surface area (Å²) in [7, 11) is -1.45. The van der Waals surface area contributed by atoms with E-state index in [9.17, 15) is 8.42 Å². The van der Waals surface area contributed by atoms with E-state index in [1.54, 1.807) is 13.2 Å². The molecule has 166 valence electrons. The lowest BCUT2D eigenvalue weighted by atomic mass is 10.1. The van der Waals surface area contributed by atoms with Gasteiger partial charge in [-0.1, -0.05) is 12.1 Å². The largest absolute Gasteiger partial charge is 0.383 e. The highest BCUT2D eigenvalue weighted by Gasteiger charge is 2.28. The maximum Gasteiger partial charge on any atom is 0.191 e. The molecule has 1 aromatic rings. The Bertz CT molecular complexity index is 767. The van der Waals surface area contributed by atoms with E-state index in [0.717, 1.165) is 49.9 Å². The smallest absolute Gasteiger partial charge is 0.191 e. The Morgan fingerprint density at radius 1 is 1.28 bits per heavy atom. The molecule has 0 heterocycles. The van der Waals surface area contributed by atoms with E-state index in [2.05, 4.69) is 20.5 Å². The number of aryl methyl sites for hydroxylation is 1. The number of nitrogens with zero attached hydrogens (tertiary/aromatic N) is 2. The first-order valence-electron chi connectivity index (χ1n) is 9.90. The number of sulfone groups is 1. The molecule has 0 spiro atoms. The molecule has 1 saturated carbocycles. The van der Waals surface area contributed by atoms with Gasteiger partial charge < -0.3 is 15.4 Å². The Balaban J connectivity index is 0.00000420. The first-order chi connectivity index (χ1) is 13.3. The highest BCUT2D eigenvalue weighted by molar-refractivity contribution is 14.0. The number of hydrogen-bond donors (Lipinski definition) is 2. The van der Waals surface area contributed by atoms with Crippen molar-refractivity contribution in [3.05, 3.63) is 29.3 Å². The lowest BCUT2D eigenvalue weighted by Crippen LogP contribution is -2.42. The number of ether oxygens (including phenoxy) is 1. The number of benzene rings is 1. The first-order valence-corrected chi connectivity index (χ1v) is 11.8. The van der Waals surface area contributed by atoms with Gasteiger partial charge in [0.2, 0.25) is 0 Å². The molecule has 0 unspecified atom stereocenters. The Labute approximate surface area is 192 Å². The summed E-state index contributed by atoms with van der Waals surface area (Å²) in [5.74, 6) is 0.773. The molecule has 1 aliphatic carbocycles. The zero-order chi connectivity index (χ0) is 20.6. The molecule has 1 fully saturated rings. The fourth-order valence-electron chi connectivity index (χ4n) is 3.18. The number of aliphatic imine (C=N–C) groups is 1. The predicted octanol–water partition coefficient (Wildman–Crippen LogP) is 2.18. The number of guanidine groups is 1. The molecule has 1 aromatic carbocycles. The monoisotopic (exact) mass is 538 g/mol. The van der Waals surface area contributed by atoms with Gasteiger partial charge in [-0.3, -0.25) is 4.90 Å². The summed E-state index contributed by atoms with van der Waals surface area (Å²) in [6.07, 6.45) is 3.79. The van der Waals surface area contributed by atoms with Crippen LogP contribution in [0.4, 0.5) is 0 Å². The maximum atomic E-state index is 11.7. The van der Waals surface area contributed by atoms with Crippen LogP contribution in [0.5, 0.6) is 0 Å². The maximum absolute atomic E-state index is 11.7. The summed E-state index contributed by atoms with van der Waals surface area (Å²) in [5.41, 5.74) is 1.74. The lowest BCUT2D eigenvalue weighted by Gasteiger charge is -2.22. The number of hydrogen-bond acceptors (Lipinski definition) is 5. The van der Waals surface area contributed by atoms with Crippen LogP contribution in [-0.2, 0) is 21.1 Å². The molecular formula is C20H35IN4O3S. The second-order valence-corrected chi connectivity index (χ2v) is 9.24. The van der Waals surface area contributed by atoms with Gasteiger partial charge in [0, 0.05) is 45.6 Å².